The third-order valence-corrected chi connectivity index (χ3v) is 10.0. The van der Waals surface area contributed by atoms with Crippen LogP contribution in [0.4, 0.5) is 0 Å². The number of fused-ring (bicyclic) bond motifs is 1. The lowest BCUT2D eigenvalue weighted by molar-refractivity contribution is -0.143. The number of rotatable bonds is 9. The molecular weight excluding hydrogens is 450 g/mol. The summed E-state index contributed by atoms with van der Waals surface area (Å²) in [5.74, 6) is -1.55. The molecule has 34 heavy (non-hydrogen) atoms. The first kappa shape index (κ1) is 25.0. The van der Waals surface area contributed by atoms with Crippen molar-refractivity contribution in [2.24, 2.45) is 11.8 Å². The number of benzene rings is 1. The maximum atomic E-state index is 14.1. The maximum absolute atomic E-state index is 14.1. The van der Waals surface area contributed by atoms with Crippen molar-refractivity contribution < 1.29 is 19.5 Å². The highest BCUT2D eigenvalue weighted by atomic mass is 32.2. The van der Waals surface area contributed by atoms with Crippen LogP contribution in [0.2, 0.25) is 0 Å². The monoisotopic (exact) mass is 487 g/mol. The number of carbonyl (C=O) groups is 3. The molecule has 0 radical (unpaired) electrons. The van der Waals surface area contributed by atoms with E-state index in [1.807, 2.05) is 37.3 Å². The Bertz CT molecular complexity index is 943. The highest BCUT2D eigenvalue weighted by Gasteiger charge is 2.77. The zero-order chi connectivity index (χ0) is 24.7. The van der Waals surface area contributed by atoms with Gasteiger partial charge in [0.25, 0.3) is 0 Å². The van der Waals surface area contributed by atoms with E-state index in [0.29, 0.717) is 12.8 Å². The molecule has 0 saturated carbocycles. The second-order valence-electron chi connectivity index (χ2n) is 10.3. The first-order chi connectivity index (χ1) is 16.2. The topological polar surface area (TPSA) is 98.7 Å². The molecule has 3 unspecified atom stereocenters. The van der Waals surface area contributed by atoms with Crippen LogP contribution < -0.4 is 10.6 Å². The Labute approximate surface area is 206 Å². The Hall–Kier alpha value is -2.06. The van der Waals surface area contributed by atoms with Crippen molar-refractivity contribution in [3.8, 4) is 0 Å². The summed E-state index contributed by atoms with van der Waals surface area (Å²) in [4.78, 5) is 42.6. The molecule has 186 valence electrons. The van der Waals surface area contributed by atoms with E-state index in [4.69, 9.17) is 0 Å². The number of carbonyl (C=O) groups excluding carboxylic acids is 3. The molecule has 3 aliphatic rings. The number of likely N-dealkylation sites (tertiary alicyclic amines) is 1. The Morgan fingerprint density at radius 2 is 1.94 bits per heavy atom. The van der Waals surface area contributed by atoms with Gasteiger partial charge in [-0.25, -0.2) is 0 Å². The van der Waals surface area contributed by atoms with E-state index >= 15 is 0 Å². The molecule has 4 rings (SSSR count). The fourth-order valence-electron chi connectivity index (χ4n) is 6.58. The van der Waals surface area contributed by atoms with Gasteiger partial charge in [-0.2, -0.15) is 0 Å². The first-order valence-electron chi connectivity index (χ1n) is 12.4. The molecule has 3 N–H and O–H groups in total. The fraction of sp³-hybridized carbons (Fsp3) is 0.654. The summed E-state index contributed by atoms with van der Waals surface area (Å²) in [5.41, 5.74) is 0.995. The van der Waals surface area contributed by atoms with Gasteiger partial charge < -0.3 is 20.6 Å². The second kappa shape index (κ2) is 9.53. The predicted molar refractivity (Wildman–Crippen MR) is 133 cm³/mol. The lowest BCUT2D eigenvalue weighted by Gasteiger charge is -2.37. The van der Waals surface area contributed by atoms with Crippen LogP contribution in [0, 0.1) is 11.8 Å². The van der Waals surface area contributed by atoms with Gasteiger partial charge in [-0.05, 0) is 45.1 Å². The van der Waals surface area contributed by atoms with Gasteiger partial charge in [-0.15, -0.1) is 11.8 Å². The molecule has 0 aromatic heterocycles. The van der Waals surface area contributed by atoms with Crippen molar-refractivity contribution in [1.29, 1.82) is 0 Å². The Balaban J connectivity index is 1.76. The average Bonchev–Trinajstić information content (AvgIpc) is 3.38. The van der Waals surface area contributed by atoms with E-state index < -0.39 is 28.7 Å². The normalized spacial score (nSPS) is 33.5. The summed E-state index contributed by atoms with van der Waals surface area (Å²) in [7, 11) is 1.61. The van der Waals surface area contributed by atoms with Crippen molar-refractivity contribution in [3.63, 3.8) is 0 Å². The predicted octanol–water partition coefficient (Wildman–Crippen LogP) is 2.12. The average molecular weight is 488 g/mol. The van der Waals surface area contributed by atoms with E-state index in [1.54, 1.807) is 23.7 Å². The Morgan fingerprint density at radius 1 is 1.24 bits per heavy atom. The lowest BCUT2D eigenvalue weighted by atomic mass is 9.66. The molecule has 8 heteroatoms. The van der Waals surface area contributed by atoms with Crippen LogP contribution in [-0.4, -0.2) is 69.0 Å². The number of hydrogen-bond acceptors (Lipinski definition) is 5. The summed E-state index contributed by atoms with van der Waals surface area (Å²) < 4.78 is -1.04. The van der Waals surface area contributed by atoms with E-state index in [2.05, 4.69) is 24.5 Å². The lowest BCUT2D eigenvalue weighted by Crippen LogP contribution is -2.58. The van der Waals surface area contributed by atoms with Crippen LogP contribution in [0.25, 0.3) is 0 Å². The number of nitrogens with one attached hydrogen (secondary N) is 2. The zero-order valence-electron chi connectivity index (χ0n) is 20.5. The van der Waals surface area contributed by atoms with Crippen molar-refractivity contribution in [1.82, 2.24) is 15.5 Å². The molecule has 0 aliphatic carbocycles. The Morgan fingerprint density at radius 3 is 2.56 bits per heavy atom. The molecule has 3 heterocycles. The van der Waals surface area contributed by atoms with E-state index in [9.17, 15) is 19.5 Å². The first-order valence-corrected chi connectivity index (χ1v) is 13.2. The van der Waals surface area contributed by atoms with Gasteiger partial charge in [0, 0.05) is 17.8 Å². The minimum absolute atomic E-state index is 0.0134. The highest BCUT2D eigenvalue weighted by molar-refractivity contribution is 8.02. The molecule has 1 spiro atoms. The summed E-state index contributed by atoms with van der Waals surface area (Å²) in [6, 6.07) is 8.46. The number of aliphatic hydroxyl groups excluding tert-OH is 1. The second-order valence-corrected chi connectivity index (χ2v) is 12.2. The number of aliphatic hydroxyl groups is 1. The minimum atomic E-state index is -0.716. The number of thioether (sulfide) groups is 1. The number of hydrogen-bond donors (Lipinski definition) is 3. The molecule has 1 aromatic carbocycles. The molecule has 2 bridgehead atoms. The maximum Gasteiger partial charge on any atom is 0.244 e. The van der Waals surface area contributed by atoms with E-state index in [0.717, 1.165) is 24.8 Å². The third kappa shape index (κ3) is 3.92. The van der Waals surface area contributed by atoms with Gasteiger partial charge >= 0.3 is 0 Å². The van der Waals surface area contributed by atoms with Crippen LogP contribution in [0.15, 0.2) is 30.3 Å². The third-order valence-electron chi connectivity index (χ3n) is 8.02. The molecule has 7 nitrogen and oxygen atoms in total. The van der Waals surface area contributed by atoms with Crippen molar-refractivity contribution >= 4 is 29.5 Å². The van der Waals surface area contributed by atoms with Gasteiger partial charge in [0.2, 0.25) is 17.7 Å². The van der Waals surface area contributed by atoms with Crippen LogP contribution >= 0.6 is 11.8 Å². The molecular formula is C26H37N3O4S. The number of amides is 3. The van der Waals surface area contributed by atoms with E-state index in [-0.39, 0.29) is 35.1 Å². The van der Waals surface area contributed by atoms with Crippen LogP contribution in [-0.2, 0) is 20.8 Å². The molecule has 3 fully saturated rings. The van der Waals surface area contributed by atoms with Gasteiger partial charge in [0.05, 0.1) is 29.2 Å². The zero-order valence-corrected chi connectivity index (χ0v) is 21.4. The molecule has 3 saturated heterocycles. The van der Waals surface area contributed by atoms with Gasteiger partial charge in [-0.1, -0.05) is 43.7 Å². The largest absolute Gasteiger partial charge is 0.394 e. The quantitative estimate of drug-likeness (QED) is 0.496. The molecule has 7 atom stereocenters. The smallest absolute Gasteiger partial charge is 0.244 e. The molecule has 3 aliphatic heterocycles. The minimum Gasteiger partial charge on any atom is -0.394 e. The van der Waals surface area contributed by atoms with Gasteiger partial charge in [0.15, 0.2) is 0 Å². The van der Waals surface area contributed by atoms with Crippen molar-refractivity contribution in [2.45, 2.75) is 80.5 Å². The highest BCUT2D eigenvalue weighted by Crippen LogP contribution is 2.71. The summed E-state index contributed by atoms with van der Waals surface area (Å²) in [6.07, 6.45) is 3.73. The summed E-state index contributed by atoms with van der Waals surface area (Å²) in [6.45, 7) is 5.88. The van der Waals surface area contributed by atoms with Gasteiger partial charge in [0.1, 0.15) is 6.04 Å². The Kier molecular flexibility index (Phi) is 7.02. The van der Waals surface area contributed by atoms with Crippen LogP contribution in [0.1, 0.15) is 52.0 Å². The summed E-state index contributed by atoms with van der Waals surface area (Å²) >= 11 is 1.66. The fourth-order valence-corrected chi connectivity index (χ4v) is 8.92. The van der Waals surface area contributed by atoms with Gasteiger partial charge in [-0.3, -0.25) is 14.4 Å². The van der Waals surface area contributed by atoms with Crippen LogP contribution in [0.5, 0.6) is 0 Å². The summed E-state index contributed by atoms with van der Waals surface area (Å²) in [5, 5.41) is 16.3. The number of nitrogens with zero attached hydrogens (tertiary/aromatic N) is 1. The van der Waals surface area contributed by atoms with Crippen molar-refractivity contribution in [2.75, 3.05) is 13.7 Å². The van der Waals surface area contributed by atoms with Crippen molar-refractivity contribution in [3.05, 3.63) is 35.9 Å². The molecule has 3 amide bonds. The molecule has 1 aromatic rings. The standard InChI is InChI=1S/C26H37N3O4S/c1-5-9-16(2)28-23(32)21-26-13-12-25(3,34-26)19(22(31)27-4)20(26)24(33)29(21)18(15-30)14-17-10-7-6-8-11-17/h6-8,10-11,16,18-21,30H,5,9,12-15H2,1-4H3,(H,27,31)(H,28,32)/t16?,18-,19-,20+,21?,25+,26?/m1/s1. The van der Waals surface area contributed by atoms with Crippen LogP contribution in [0.3, 0.4) is 0 Å². The SMILES string of the molecule is CCCC(C)NC(=O)C1N([C@@H](CO)Cc2ccccc2)C(=O)[C@@H]2[C@H](C(=O)NC)[C@]3(C)CCC12S3. The van der Waals surface area contributed by atoms with E-state index in [1.165, 1.54) is 0 Å².